The Balaban J connectivity index is 2.16. The molecule has 2 aromatic heterocycles. The van der Waals surface area contributed by atoms with E-state index in [1.165, 1.54) is 11.3 Å². The van der Waals surface area contributed by atoms with E-state index in [-0.39, 0.29) is 5.78 Å². The zero-order chi connectivity index (χ0) is 11.0. The molecule has 0 radical (unpaired) electrons. The van der Waals surface area contributed by atoms with Crippen molar-refractivity contribution in [2.24, 2.45) is 0 Å². The molecule has 3 rings (SSSR count). The average Bonchev–Trinajstić information content (AvgIpc) is 2.98. The smallest absolute Gasteiger partial charge is 0.205 e. The minimum Gasteiger partial charge on any atom is -0.360 e. The van der Waals surface area contributed by atoms with Gasteiger partial charge >= 0.3 is 0 Å². The number of nitrogens with one attached hydrogen (secondary N) is 1. The van der Waals surface area contributed by atoms with Crippen molar-refractivity contribution in [2.45, 2.75) is 0 Å². The van der Waals surface area contributed by atoms with E-state index in [0.29, 0.717) is 0 Å². The van der Waals surface area contributed by atoms with E-state index in [0.717, 1.165) is 21.3 Å². The first-order chi connectivity index (χ1) is 7.86. The molecule has 1 aromatic carbocycles. The molecule has 0 aliphatic carbocycles. The minimum atomic E-state index is 0.0902. The van der Waals surface area contributed by atoms with Crippen molar-refractivity contribution in [3.05, 3.63) is 58.4 Å². The highest BCUT2D eigenvalue weighted by Gasteiger charge is 2.14. The third-order valence-corrected chi connectivity index (χ3v) is 3.45. The quantitative estimate of drug-likeness (QED) is 0.668. The number of para-hydroxylation sites is 1. The molecule has 0 aliphatic rings. The van der Waals surface area contributed by atoms with E-state index in [9.17, 15) is 4.79 Å². The average molecular weight is 227 g/mol. The van der Waals surface area contributed by atoms with E-state index in [4.69, 9.17) is 0 Å². The third-order valence-electron chi connectivity index (χ3n) is 2.58. The zero-order valence-electron chi connectivity index (χ0n) is 8.44. The van der Waals surface area contributed by atoms with E-state index >= 15 is 0 Å². The van der Waals surface area contributed by atoms with Gasteiger partial charge in [0.15, 0.2) is 0 Å². The van der Waals surface area contributed by atoms with Gasteiger partial charge in [-0.1, -0.05) is 24.3 Å². The summed E-state index contributed by atoms with van der Waals surface area (Å²) in [6.07, 6.45) is 1.78. The molecule has 2 heterocycles. The molecule has 3 heteroatoms. The highest BCUT2D eigenvalue weighted by atomic mass is 32.1. The molecule has 2 nitrogen and oxygen atoms in total. The number of carbonyl (C=O) groups excluding carboxylic acids is 1. The number of hydrogen-bond acceptors (Lipinski definition) is 2. The van der Waals surface area contributed by atoms with Gasteiger partial charge in [0.2, 0.25) is 5.78 Å². The molecule has 78 valence electrons. The van der Waals surface area contributed by atoms with Crippen molar-refractivity contribution in [3.8, 4) is 0 Å². The maximum Gasteiger partial charge on any atom is 0.205 e. The number of fused-ring (bicyclic) bond motifs is 1. The number of aromatic amines is 1. The van der Waals surface area contributed by atoms with Crippen LogP contribution in [0, 0.1) is 0 Å². The highest BCUT2D eigenvalue weighted by molar-refractivity contribution is 7.12. The van der Waals surface area contributed by atoms with Crippen LogP contribution in [0.25, 0.3) is 10.9 Å². The summed E-state index contributed by atoms with van der Waals surface area (Å²) in [6, 6.07) is 11.6. The van der Waals surface area contributed by atoms with Crippen molar-refractivity contribution in [2.75, 3.05) is 0 Å². The molecule has 1 N–H and O–H groups in total. The lowest BCUT2D eigenvalue weighted by molar-refractivity contribution is 0.104. The first kappa shape index (κ1) is 9.36. The van der Waals surface area contributed by atoms with Crippen LogP contribution in [-0.4, -0.2) is 10.8 Å². The Morgan fingerprint density at radius 1 is 1.12 bits per heavy atom. The number of ketones is 1. The van der Waals surface area contributed by atoms with Crippen molar-refractivity contribution in [1.29, 1.82) is 0 Å². The number of aromatic nitrogens is 1. The Bertz CT molecular complexity index is 637. The molecule has 0 saturated carbocycles. The summed E-state index contributed by atoms with van der Waals surface area (Å²) >= 11 is 1.47. The maximum absolute atomic E-state index is 12.2. The summed E-state index contributed by atoms with van der Waals surface area (Å²) in [5.74, 6) is 0.0902. The van der Waals surface area contributed by atoms with Gasteiger partial charge in [-0.15, -0.1) is 11.3 Å². The first-order valence-corrected chi connectivity index (χ1v) is 5.88. The van der Waals surface area contributed by atoms with Crippen LogP contribution in [0.15, 0.2) is 48.0 Å². The monoisotopic (exact) mass is 227 g/mol. The van der Waals surface area contributed by atoms with Gasteiger partial charge in [0.05, 0.1) is 4.88 Å². The Morgan fingerprint density at radius 2 is 2.00 bits per heavy atom. The molecule has 16 heavy (non-hydrogen) atoms. The molecule has 0 spiro atoms. The van der Waals surface area contributed by atoms with Gasteiger partial charge in [0, 0.05) is 22.7 Å². The number of H-pyrrole nitrogens is 1. The van der Waals surface area contributed by atoms with E-state index in [1.54, 1.807) is 6.20 Å². The predicted molar refractivity (Wildman–Crippen MR) is 66.1 cm³/mol. The molecule has 0 fully saturated rings. The fraction of sp³-hybridized carbons (Fsp3) is 0. The number of thiophene rings is 1. The van der Waals surface area contributed by atoms with Gasteiger partial charge in [0.25, 0.3) is 0 Å². The van der Waals surface area contributed by atoms with Gasteiger partial charge in [-0.3, -0.25) is 4.79 Å². The maximum atomic E-state index is 12.2. The van der Waals surface area contributed by atoms with Crippen LogP contribution in [0.1, 0.15) is 15.2 Å². The molecular weight excluding hydrogens is 218 g/mol. The number of hydrogen-bond donors (Lipinski definition) is 1. The lowest BCUT2D eigenvalue weighted by Crippen LogP contribution is -1.96. The van der Waals surface area contributed by atoms with Crippen LogP contribution in [0.3, 0.4) is 0 Å². The van der Waals surface area contributed by atoms with Gasteiger partial charge in [-0.2, -0.15) is 0 Å². The van der Waals surface area contributed by atoms with Gasteiger partial charge in [-0.25, -0.2) is 0 Å². The van der Waals surface area contributed by atoms with Crippen molar-refractivity contribution >= 4 is 28.0 Å². The van der Waals surface area contributed by atoms with Gasteiger partial charge < -0.3 is 4.98 Å². The number of benzene rings is 1. The van der Waals surface area contributed by atoms with E-state index in [1.807, 2.05) is 41.8 Å². The zero-order valence-corrected chi connectivity index (χ0v) is 9.25. The fourth-order valence-electron chi connectivity index (χ4n) is 1.80. The second-order valence-electron chi connectivity index (χ2n) is 3.55. The van der Waals surface area contributed by atoms with E-state index < -0.39 is 0 Å². The summed E-state index contributed by atoms with van der Waals surface area (Å²) in [7, 11) is 0. The molecule has 0 unspecified atom stereocenters. The van der Waals surface area contributed by atoms with Crippen LogP contribution in [0.5, 0.6) is 0 Å². The lowest BCUT2D eigenvalue weighted by Gasteiger charge is -1.95. The molecule has 0 atom stereocenters. The van der Waals surface area contributed by atoms with E-state index in [2.05, 4.69) is 4.98 Å². The standard InChI is InChI=1S/C13H9NOS/c15-13(12-6-3-7-16-12)10-8-14-11-5-2-1-4-9(10)11/h1-8,14H. The second kappa shape index (κ2) is 3.61. The largest absolute Gasteiger partial charge is 0.360 e. The van der Waals surface area contributed by atoms with Crippen LogP contribution in [0.2, 0.25) is 0 Å². The van der Waals surface area contributed by atoms with Crippen molar-refractivity contribution < 1.29 is 4.79 Å². The number of carbonyl (C=O) groups is 1. The highest BCUT2D eigenvalue weighted by Crippen LogP contribution is 2.22. The van der Waals surface area contributed by atoms with Gasteiger partial charge in [0.1, 0.15) is 0 Å². The lowest BCUT2D eigenvalue weighted by atomic mass is 10.1. The topological polar surface area (TPSA) is 32.9 Å². The summed E-state index contributed by atoms with van der Waals surface area (Å²) in [4.78, 5) is 16.1. The van der Waals surface area contributed by atoms with Crippen molar-refractivity contribution in [3.63, 3.8) is 0 Å². The van der Waals surface area contributed by atoms with Crippen LogP contribution in [0.4, 0.5) is 0 Å². The number of rotatable bonds is 2. The Labute approximate surface area is 96.5 Å². The third kappa shape index (κ3) is 1.37. The molecule has 0 amide bonds. The summed E-state index contributed by atoms with van der Waals surface area (Å²) in [5, 5.41) is 2.91. The summed E-state index contributed by atoms with van der Waals surface area (Å²) in [6.45, 7) is 0. The SMILES string of the molecule is O=C(c1cccs1)c1c[nH]c2ccccc12. The Kier molecular flexibility index (Phi) is 2.11. The first-order valence-electron chi connectivity index (χ1n) is 5.00. The molecular formula is C13H9NOS. The Hall–Kier alpha value is -1.87. The summed E-state index contributed by atoms with van der Waals surface area (Å²) < 4.78 is 0. The molecule has 0 bridgehead atoms. The summed E-state index contributed by atoms with van der Waals surface area (Å²) in [5.41, 5.74) is 1.75. The van der Waals surface area contributed by atoms with Crippen LogP contribution in [-0.2, 0) is 0 Å². The predicted octanol–water partition coefficient (Wildman–Crippen LogP) is 3.46. The molecule has 3 aromatic rings. The van der Waals surface area contributed by atoms with Crippen LogP contribution >= 0.6 is 11.3 Å². The fourth-order valence-corrected chi connectivity index (χ4v) is 2.48. The molecule has 0 saturated heterocycles. The molecule has 0 aliphatic heterocycles. The normalized spacial score (nSPS) is 10.8. The van der Waals surface area contributed by atoms with Crippen molar-refractivity contribution in [1.82, 2.24) is 4.98 Å². The van der Waals surface area contributed by atoms with Gasteiger partial charge in [-0.05, 0) is 17.5 Å². The van der Waals surface area contributed by atoms with Crippen LogP contribution < -0.4 is 0 Å². The Morgan fingerprint density at radius 3 is 2.81 bits per heavy atom. The minimum absolute atomic E-state index is 0.0902. The second-order valence-corrected chi connectivity index (χ2v) is 4.50.